The minimum absolute atomic E-state index is 0.236. The Morgan fingerprint density at radius 2 is 2.04 bits per heavy atom. The molecule has 1 N–H and O–H groups in total. The third kappa shape index (κ3) is 4.27. The van der Waals surface area contributed by atoms with Crippen molar-refractivity contribution >= 4 is 11.6 Å². The molecule has 1 fully saturated rings. The molecule has 0 radical (unpaired) electrons. The maximum atomic E-state index is 12.8. The number of hydrogen-bond acceptors (Lipinski definition) is 5. The second-order valence-corrected chi connectivity index (χ2v) is 6.84. The Balaban J connectivity index is 1.49. The van der Waals surface area contributed by atoms with Crippen molar-refractivity contribution in [1.82, 2.24) is 19.7 Å². The zero-order valence-electron chi connectivity index (χ0n) is 15.8. The van der Waals surface area contributed by atoms with E-state index in [0.29, 0.717) is 5.69 Å². The van der Waals surface area contributed by atoms with E-state index in [1.807, 2.05) is 37.4 Å². The molecular weight excluding hydrogens is 354 g/mol. The molecule has 1 saturated heterocycles. The fourth-order valence-corrected chi connectivity index (χ4v) is 3.21. The van der Waals surface area contributed by atoms with Crippen molar-refractivity contribution in [3.05, 3.63) is 71.8 Å². The van der Waals surface area contributed by atoms with Crippen LogP contribution in [0.4, 0.5) is 5.69 Å². The highest BCUT2D eigenvalue weighted by atomic mass is 16.5. The van der Waals surface area contributed by atoms with E-state index < -0.39 is 0 Å². The average Bonchev–Trinajstić information content (AvgIpc) is 3.26. The number of rotatable bonds is 5. The lowest BCUT2D eigenvalue weighted by Crippen LogP contribution is -2.35. The van der Waals surface area contributed by atoms with Gasteiger partial charge in [-0.05, 0) is 42.3 Å². The zero-order chi connectivity index (χ0) is 19.3. The van der Waals surface area contributed by atoms with Gasteiger partial charge < -0.3 is 10.1 Å². The van der Waals surface area contributed by atoms with Crippen molar-refractivity contribution in [2.75, 3.05) is 31.6 Å². The van der Waals surface area contributed by atoms with Gasteiger partial charge in [0.15, 0.2) is 0 Å². The molecule has 144 valence electrons. The SMILES string of the molecule is Cc1ccc(CN2CCOCC2)cc1NC(=O)c1cc(-n2cccn2)ccn1. The maximum absolute atomic E-state index is 12.8. The number of morpholine rings is 1. The van der Waals surface area contributed by atoms with Crippen LogP contribution in [0, 0.1) is 6.92 Å². The number of carbonyl (C=O) groups excluding carboxylic acids is 1. The molecule has 1 aromatic carbocycles. The lowest BCUT2D eigenvalue weighted by molar-refractivity contribution is 0.0342. The van der Waals surface area contributed by atoms with Gasteiger partial charge in [-0.1, -0.05) is 12.1 Å². The van der Waals surface area contributed by atoms with E-state index in [1.54, 1.807) is 23.1 Å². The molecular formula is C21H23N5O2. The van der Waals surface area contributed by atoms with Gasteiger partial charge in [-0.25, -0.2) is 4.68 Å². The van der Waals surface area contributed by atoms with Crippen molar-refractivity contribution in [2.45, 2.75) is 13.5 Å². The largest absolute Gasteiger partial charge is 0.379 e. The molecule has 2 aromatic heterocycles. The number of aromatic nitrogens is 3. The van der Waals surface area contributed by atoms with E-state index >= 15 is 0 Å². The van der Waals surface area contributed by atoms with Crippen molar-refractivity contribution in [3.8, 4) is 5.69 Å². The molecule has 7 heteroatoms. The monoisotopic (exact) mass is 377 g/mol. The van der Waals surface area contributed by atoms with E-state index in [1.165, 1.54) is 5.56 Å². The van der Waals surface area contributed by atoms with Gasteiger partial charge in [0.1, 0.15) is 5.69 Å². The second kappa shape index (κ2) is 8.33. The molecule has 28 heavy (non-hydrogen) atoms. The Hall–Kier alpha value is -3.03. The first kappa shape index (κ1) is 18.3. The van der Waals surface area contributed by atoms with E-state index in [2.05, 4.69) is 26.4 Å². The fourth-order valence-electron chi connectivity index (χ4n) is 3.21. The molecule has 1 aliphatic heterocycles. The first-order valence-electron chi connectivity index (χ1n) is 9.36. The van der Waals surface area contributed by atoms with Gasteiger partial charge in [0, 0.05) is 43.9 Å². The summed E-state index contributed by atoms with van der Waals surface area (Å²) in [4.78, 5) is 19.3. The molecule has 1 amide bonds. The molecule has 3 heterocycles. The minimum Gasteiger partial charge on any atom is -0.379 e. The van der Waals surface area contributed by atoms with Crippen LogP contribution in [0.1, 0.15) is 21.6 Å². The first-order valence-corrected chi connectivity index (χ1v) is 9.36. The third-order valence-corrected chi connectivity index (χ3v) is 4.81. The Morgan fingerprint density at radius 3 is 2.82 bits per heavy atom. The molecule has 0 unspecified atom stereocenters. The van der Waals surface area contributed by atoms with Crippen LogP contribution >= 0.6 is 0 Å². The number of hydrogen-bond donors (Lipinski definition) is 1. The van der Waals surface area contributed by atoms with Crippen LogP contribution in [-0.4, -0.2) is 51.9 Å². The molecule has 0 bridgehead atoms. The predicted molar refractivity (Wildman–Crippen MR) is 107 cm³/mol. The number of aryl methyl sites for hydroxylation is 1. The van der Waals surface area contributed by atoms with Gasteiger partial charge in [-0.3, -0.25) is 14.7 Å². The standard InChI is InChI=1S/C21H23N5O2/c1-16-3-4-17(15-25-9-11-28-12-10-25)13-19(16)24-21(27)20-14-18(5-7-22-20)26-8-2-6-23-26/h2-8,13-14H,9-12,15H2,1H3,(H,24,27). The highest BCUT2D eigenvalue weighted by Crippen LogP contribution is 2.20. The van der Waals surface area contributed by atoms with Crippen LogP contribution in [0.25, 0.3) is 5.69 Å². The number of anilines is 1. The molecule has 7 nitrogen and oxygen atoms in total. The normalized spacial score (nSPS) is 14.8. The molecule has 3 aromatic rings. The highest BCUT2D eigenvalue weighted by molar-refractivity contribution is 6.03. The van der Waals surface area contributed by atoms with Gasteiger partial charge in [0.05, 0.1) is 18.9 Å². The topological polar surface area (TPSA) is 72.3 Å². The Morgan fingerprint density at radius 1 is 1.18 bits per heavy atom. The Bertz CT molecular complexity index is 949. The van der Waals surface area contributed by atoms with Crippen LogP contribution in [-0.2, 0) is 11.3 Å². The average molecular weight is 377 g/mol. The number of benzene rings is 1. The summed E-state index contributed by atoms with van der Waals surface area (Å²) in [6.45, 7) is 6.24. The van der Waals surface area contributed by atoms with Gasteiger partial charge >= 0.3 is 0 Å². The first-order chi connectivity index (χ1) is 13.7. The van der Waals surface area contributed by atoms with Crippen molar-refractivity contribution in [1.29, 1.82) is 0 Å². The molecule has 0 aliphatic carbocycles. The maximum Gasteiger partial charge on any atom is 0.274 e. The van der Waals surface area contributed by atoms with Gasteiger partial charge in [-0.2, -0.15) is 5.10 Å². The number of amides is 1. The van der Waals surface area contributed by atoms with E-state index in [0.717, 1.165) is 49.8 Å². The predicted octanol–water partition coefficient (Wildman–Crippen LogP) is 2.66. The summed E-state index contributed by atoms with van der Waals surface area (Å²) in [5.41, 5.74) is 4.14. The van der Waals surface area contributed by atoms with Gasteiger partial charge in [0.2, 0.25) is 0 Å². The quantitative estimate of drug-likeness (QED) is 0.740. The molecule has 0 spiro atoms. The number of carbonyl (C=O) groups is 1. The molecule has 0 atom stereocenters. The van der Waals surface area contributed by atoms with E-state index in [9.17, 15) is 4.79 Å². The summed E-state index contributed by atoms with van der Waals surface area (Å²) < 4.78 is 7.11. The lowest BCUT2D eigenvalue weighted by Gasteiger charge is -2.26. The van der Waals surface area contributed by atoms with Crippen molar-refractivity contribution < 1.29 is 9.53 Å². The van der Waals surface area contributed by atoms with Crippen molar-refractivity contribution in [3.63, 3.8) is 0 Å². The fraction of sp³-hybridized carbons (Fsp3) is 0.286. The van der Waals surface area contributed by atoms with Crippen LogP contribution in [0.15, 0.2) is 55.0 Å². The van der Waals surface area contributed by atoms with Gasteiger partial charge in [0.25, 0.3) is 5.91 Å². The second-order valence-electron chi connectivity index (χ2n) is 6.84. The third-order valence-electron chi connectivity index (χ3n) is 4.81. The summed E-state index contributed by atoms with van der Waals surface area (Å²) in [5.74, 6) is -0.236. The Labute approximate surface area is 164 Å². The van der Waals surface area contributed by atoms with Crippen LogP contribution in [0.5, 0.6) is 0 Å². The zero-order valence-corrected chi connectivity index (χ0v) is 15.8. The summed E-state index contributed by atoms with van der Waals surface area (Å²) in [6, 6.07) is 11.6. The smallest absolute Gasteiger partial charge is 0.274 e. The Kier molecular flexibility index (Phi) is 5.45. The number of nitrogens with zero attached hydrogens (tertiary/aromatic N) is 4. The molecule has 4 rings (SSSR count). The summed E-state index contributed by atoms with van der Waals surface area (Å²) >= 11 is 0. The van der Waals surface area contributed by atoms with Crippen LogP contribution in [0.2, 0.25) is 0 Å². The summed E-state index contributed by atoms with van der Waals surface area (Å²) in [7, 11) is 0. The van der Waals surface area contributed by atoms with E-state index in [-0.39, 0.29) is 5.91 Å². The van der Waals surface area contributed by atoms with Crippen molar-refractivity contribution in [2.24, 2.45) is 0 Å². The van der Waals surface area contributed by atoms with Crippen LogP contribution in [0.3, 0.4) is 0 Å². The molecule has 1 aliphatic rings. The number of ether oxygens (including phenoxy) is 1. The van der Waals surface area contributed by atoms with Crippen LogP contribution < -0.4 is 5.32 Å². The lowest BCUT2D eigenvalue weighted by atomic mass is 10.1. The molecule has 0 saturated carbocycles. The number of nitrogens with one attached hydrogen (secondary N) is 1. The summed E-state index contributed by atoms with van der Waals surface area (Å²) in [6.07, 6.45) is 5.15. The highest BCUT2D eigenvalue weighted by Gasteiger charge is 2.14. The van der Waals surface area contributed by atoms with Gasteiger partial charge in [-0.15, -0.1) is 0 Å². The van der Waals surface area contributed by atoms with E-state index in [4.69, 9.17) is 4.74 Å². The minimum atomic E-state index is -0.236. The number of pyridine rings is 1. The summed E-state index contributed by atoms with van der Waals surface area (Å²) in [5, 5.41) is 7.20.